The summed E-state index contributed by atoms with van der Waals surface area (Å²) in [5.41, 5.74) is -0.663. The lowest BCUT2D eigenvalue weighted by Gasteiger charge is -2.37. The molecule has 0 aliphatic carbocycles. The molecule has 16 heavy (non-hydrogen) atoms. The van der Waals surface area contributed by atoms with Gasteiger partial charge in [-0.1, -0.05) is 20.8 Å². The fourth-order valence-electron chi connectivity index (χ4n) is 2.30. The number of fused-ring (bicyclic) bond motifs is 1. The first kappa shape index (κ1) is 13.2. The Labute approximate surface area is 98.5 Å². The summed E-state index contributed by atoms with van der Waals surface area (Å²) in [5, 5.41) is 10.1. The highest BCUT2D eigenvalue weighted by Gasteiger charge is 2.34. The zero-order valence-electron chi connectivity index (χ0n) is 11.1. The highest BCUT2D eigenvalue weighted by Crippen LogP contribution is 2.35. The van der Waals surface area contributed by atoms with Gasteiger partial charge in [0.05, 0.1) is 11.6 Å². The molecule has 0 bridgehead atoms. The molecular weight excluding hydrogens is 200 g/mol. The molecule has 0 saturated carbocycles. The maximum atomic E-state index is 10.1. The number of aliphatic hydroxyl groups is 1. The molecule has 0 aromatic carbocycles. The maximum absolute atomic E-state index is 10.1. The predicted octanol–water partition coefficient (Wildman–Crippen LogP) is 2.80. The highest BCUT2D eigenvalue weighted by molar-refractivity contribution is 5.04. The Hall–Kier alpha value is -0.830. The summed E-state index contributed by atoms with van der Waals surface area (Å²) in [6.45, 7) is 9.97. The van der Waals surface area contributed by atoms with Crippen LogP contribution in [0.5, 0.6) is 0 Å². The minimum absolute atomic E-state index is 0.170. The second kappa shape index (κ2) is 5.00. The Kier molecular flexibility index (Phi) is 4.14. The van der Waals surface area contributed by atoms with Crippen LogP contribution in [-0.2, 0) is 6.42 Å². The lowest BCUT2D eigenvalue weighted by Crippen LogP contribution is -2.38. The molecule has 2 heterocycles. The van der Waals surface area contributed by atoms with Gasteiger partial charge < -0.3 is 9.67 Å². The van der Waals surface area contributed by atoms with Crippen molar-refractivity contribution in [3.8, 4) is 0 Å². The van der Waals surface area contributed by atoms with Crippen LogP contribution in [-0.4, -0.2) is 20.3 Å². The molecule has 0 radical (unpaired) electrons. The molecule has 2 atom stereocenters. The van der Waals surface area contributed by atoms with Crippen molar-refractivity contribution in [3.63, 3.8) is 0 Å². The van der Waals surface area contributed by atoms with Gasteiger partial charge in [-0.25, -0.2) is 4.98 Å². The SMILES string of the molecule is CC.CC1Cc2nccn2C(C(C)(C)O)C1. The number of hydrogen-bond acceptors (Lipinski definition) is 2. The molecule has 0 spiro atoms. The van der Waals surface area contributed by atoms with E-state index in [0.717, 1.165) is 18.7 Å². The summed E-state index contributed by atoms with van der Waals surface area (Å²) in [4.78, 5) is 4.32. The van der Waals surface area contributed by atoms with Crippen LogP contribution in [0, 0.1) is 5.92 Å². The summed E-state index contributed by atoms with van der Waals surface area (Å²) in [5.74, 6) is 1.72. The zero-order chi connectivity index (χ0) is 12.3. The molecule has 0 amide bonds. The molecule has 3 nitrogen and oxygen atoms in total. The van der Waals surface area contributed by atoms with Gasteiger partial charge >= 0.3 is 0 Å². The average Bonchev–Trinajstić information content (AvgIpc) is 2.65. The summed E-state index contributed by atoms with van der Waals surface area (Å²) in [6.07, 6.45) is 5.86. The molecule has 1 aromatic heterocycles. The van der Waals surface area contributed by atoms with Crippen molar-refractivity contribution < 1.29 is 5.11 Å². The van der Waals surface area contributed by atoms with Crippen molar-refractivity contribution in [1.29, 1.82) is 0 Å². The highest BCUT2D eigenvalue weighted by atomic mass is 16.3. The molecule has 3 heteroatoms. The first-order valence-corrected chi connectivity index (χ1v) is 6.22. The molecule has 0 saturated heterocycles. The Morgan fingerprint density at radius 2 is 2.06 bits per heavy atom. The van der Waals surface area contributed by atoms with E-state index in [1.54, 1.807) is 0 Å². The van der Waals surface area contributed by atoms with Crippen molar-refractivity contribution >= 4 is 0 Å². The Morgan fingerprint density at radius 1 is 1.44 bits per heavy atom. The van der Waals surface area contributed by atoms with Crippen LogP contribution in [0.25, 0.3) is 0 Å². The molecule has 2 unspecified atom stereocenters. The third-order valence-electron chi connectivity index (χ3n) is 3.06. The molecule has 1 aliphatic heterocycles. The molecule has 92 valence electrons. The van der Waals surface area contributed by atoms with Crippen LogP contribution in [0.4, 0.5) is 0 Å². The van der Waals surface area contributed by atoms with Gasteiger partial charge in [-0.15, -0.1) is 0 Å². The minimum atomic E-state index is -0.663. The van der Waals surface area contributed by atoms with Crippen molar-refractivity contribution in [3.05, 3.63) is 18.2 Å². The number of imidazole rings is 1. The Morgan fingerprint density at radius 3 is 2.62 bits per heavy atom. The normalized spacial score (nSPS) is 24.4. The predicted molar refractivity (Wildman–Crippen MR) is 66.4 cm³/mol. The smallest absolute Gasteiger partial charge is 0.109 e. The van der Waals surface area contributed by atoms with Crippen LogP contribution >= 0.6 is 0 Å². The quantitative estimate of drug-likeness (QED) is 0.796. The fourth-order valence-corrected chi connectivity index (χ4v) is 2.30. The van der Waals surface area contributed by atoms with Crippen molar-refractivity contribution in [2.24, 2.45) is 5.92 Å². The summed E-state index contributed by atoms with van der Waals surface area (Å²) in [6, 6.07) is 0.170. The van der Waals surface area contributed by atoms with Crippen LogP contribution in [0.3, 0.4) is 0 Å². The van der Waals surface area contributed by atoms with Gasteiger partial charge in [-0.3, -0.25) is 0 Å². The van der Waals surface area contributed by atoms with E-state index in [1.165, 1.54) is 0 Å². The molecule has 2 rings (SSSR count). The van der Waals surface area contributed by atoms with Gasteiger partial charge in [0.1, 0.15) is 5.82 Å². The average molecular weight is 224 g/mol. The fraction of sp³-hybridized carbons (Fsp3) is 0.769. The second-order valence-electron chi connectivity index (χ2n) is 4.97. The zero-order valence-corrected chi connectivity index (χ0v) is 11.1. The number of nitrogens with zero attached hydrogens (tertiary/aromatic N) is 2. The van der Waals surface area contributed by atoms with Gasteiger partial charge in [0.2, 0.25) is 0 Å². The van der Waals surface area contributed by atoms with Gasteiger partial charge in [0, 0.05) is 18.8 Å². The van der Waals surface area contributed by atoms with Crippen LogP contribution in [0.1, 0.15) is 52.9 Å². The van der Waals surface area contributed by atoms with E-state index < -0.39 is 5.60 Å². The minimum Gasteiger partial charge on any atom is -0.388 e. The largest absolute Gasteiger partial charge is 0.388 e. The van der Waals surface area contributed by atoms with Crippen molar-refractivity contribution in [1.82, 2.24) is 9.55 Å². The summed E-state index contributed by atoms with van der Waals surface area (Å²) < 4.78 is 2.12. The van der Waals surface area contributed by atoms with Gasteiger partial charge in [-0.05, 0) is 26.2 Å². The monoisotopic (exact) mass is 224 g/mol. The van der Waals surface area contributed by atoms with Crippen LogP contribution < -0.4 is 0 Å². The molecular formula is C13H24N2O. The topological polar surface area (TPSA) is 38.0 Å². The van der Waals surface area contributed by atoms with Gasteiger partial charge in [0.15, 0.2) is 0 Å². The number of aromatic nitrogens is 2. The van der Waals surface area contributed by atoms with E-state index >= 15 is 0 Å². The van der Waals surface area contributed by atoms with Gasteiger partial charge in [-0.2, -0.15) is 0 Å². The van der Waals surface area contributed by atoms with E-state index in [1.807, 2.05) is 40.1 Å². The molecule has 0 fully saturated rings. The standard InChI is InChI=1S/C11H18N2O.C2H6/c1-8-6-9(11(2,3)14)13-5-4-12-10(13)7-8;1-2/h4-5,8-9,14H,6-7H2,1-3H3;1-2H3. The van der Waals surface area contributed by atoms with E-state index in [0.29, 0.717) is 5.92 Å². The van der Waals surface area contributed by atoms with E-state index in [-0.39, 0.29) is 6.04 Å². The van der Waals surface area contributed by atoms with Crippen molar-refractivity contribution in [2.45, 2.75) is 59.1 Å². The van der Waals surface area contributed by atoms with E-state index in [2.05, 4.69) is 16.5 Å². The third-order valence-corrected chi connectivity index (χ3v) is 3.06. The number of hydrogen-bond donors (Lipinski definition) is 1. The van der Waals surface area contributed by atoms with E-state index in [9.17, 15) is 5.11 Å². The molecule has 1 aromatic rings. The molecule has 1 N–H and O–H groups in total. The van der Waals surface area contributed by atoms with Crippen LogP contribution in [0.2, 0.25) is 0 Å². The van der Waals surface area contributed by atoms with Crippen molar-refractivity contribution in [2.75, 3.05) is 0 Å². The first-order valence-electron chi connectivity index (χ1n) is 6.22. The Bertz CT molecular complexity index is 325. The summed E-state index contributed by atoms with van der Waals surface area (Å²) >= 11 is 0. The number of rotatable bonds is 1. The van der Waals surface area contributed by atoms with Crippen LogP contribution in [0.15, 0.2) is 12.4 Å². The Balaban J connectivity index is 0.000000606. The lowest BCUT2D eigenvalue weighted by molar-refractivity contribution is 0.00608. The van der Waals surface area contributed by atoms with Gasteiger partial charge in [0.25, 0.3) is 0 Å². The summed E-state index contributed by atoms with van der Waals surface area (Å²) in [7, 11) is 0. The third kappa shape index (κ3) is 2.64. The molecule has 1 aliphatic rings. The lowest BCUT2D eigenvalue weighted by atomic mass is 9.85. The first-order chi connectivity index (χ1) is 7.48. The maximum Gasteiger partial charge on any atom is 0.109 e. The van der Waals surface area contributed by atoms with E-state index in [4.69, 9.17) is 0 Å². The second-order valence-corrected chi connectivity index (χ2v) is 4.97.